The van der Waals surface area contributed by atoms with Gasteiger partial charge in [0, 0.05) is 23.7 Å². The van der Waals surface area contributed by atoms with Gasteiger partial charge in [-0.25, -0.2) is 8.42 Å². The first-order valence-electron chi connectivity index (χ1n) is 6.56. The highest BCUT2D eigenvalue weighted by Crippen LogP contribution is 2.26. The summed E-state index contributed by atoms with van der Waals surface area (Å²) in [6, 6.07) is 6.37. The van der Waals surface area contributed by atoms with Crippen LogP contribution in [0.2, 0.25) is 0 Å². The quantitative estimate of drug-likeness (QED) is 0.653. The van der Waals surface area contributed by atoms with Crippen molar-refractivity contribution in [2.45, 2.75) is 23.1 Å². The van der Waals surface area contributed by atoms with Gasteiger partial charge in [-0.2, -0.15) is 8.78 Å². The third-order valence-electron chi connectivity index (χ3n) is 3.41. The van der Waals surface area contributed by atoms with Crippen LogP contribution < -0.4 is 5.32 Å². The number of anilines is 1. The van der Waals surface area contributed by atoms with Crippen LogP contribution in [0.4, 0.5) is 14.5 Å². The summed E-state index contributed by atoms with van der Waals surface area (Å²) >= 11 is 5.75. The number of nitrogens with zero attached hydrogens (tertiary/aromatic N) is 1. The Kier molecular flexibility index (Phi) is 5.62. The minimum absolute atomic E-state index is 0.106. The Bertz CT molecular complexity index is 635. The summed E-state index contributed by atoms with van der Waals surface area (Å²) in [5, 5.41) is 3.41. The average Bonchev–Trinajstić information content (AvgIpc) is 2.80. The van der Waals surface area contributed by atoms with E-state index >= 15 is 0 Å². The molecule has 2 rings (SSSR count). The maximum Gasteiger partial charge on any atom is 0.288 e. The molecule has 0 radical (unpaired) electrons. The summed E-state index contributed by atoms with van der Waals surface area (Å²) in [6.45, 7) is 0. The van der Waals surface area contributed by atoms with Crippen LogP contribution in [0.5, 0.6) is 0 Å². The molecule has 0 aliphatic carbocycles. The van der Waals surface area contributed by atoms with Crippen LogP contribution in [0.3, 0.4) is 0 Å². The minimum atomic E-state index is -2.97. The van der Waals surface area contributed by atoms with Gasteiger partial charge in [-0.1, -0.05) is 11.8 Å². The average molecular weight is 366 g/mol. The zero-order valence-corrected chi connectivity index (χ0v) is 14.3. The molecule has 1 N–H and O–H groups in total. The molecule has 1 aromatic rings. The van der Waals surface area contributed by atoms with Crippen molar-refractivity contribution in [3.05, 3.63) is 24.3 Å². The molecule has 1 atom stereocenters. The molecule has 22 heavy (non-hydrogen) atoms. The van der Waals surface area contributed by atoms with Crippen molar-refractivity contribution in [3.63, 3.8) is 0 Å². The second kappa shape index (κ2) is 7.10. The second-order valence-electron chi connectivity index (χ2n) is 5.00. The molecule has 0 amide bonds. The minimum Gasteiger partial charge on any atom is -0.348 e. The largest absolute Gasteiger partial charge is 0.348 e. The molecule has 1 saturated heterocycles. The fourth-order valence-corrected chi connectivity index (χ4v) is 4.72. The predicted octanol–water partition coefficient (Wildman–Crippen LogP) is 2.82. The van der Waals surface area contributed by atoms with Crippen LogP contribution in [0.15, 0.2) is 29.2 Å². The Balaban J connectivity index is 1.94. The van der Waals surface area contributed by atoms with Crippen molar-refractivity contribution >= 4 is 44.6 Å². The number of alkyl halides is 2. The maximum atomic E-state index is 12.2. The topological polar surface area (TPSA) is 49.4 Å². The fourth-order valence-electron chi connectivity index (χ4n) is 2.18. The lowest BCUT2D eigenvalue weighted by atomic mass is 10.2. The van der Waals surface area contributed by atoms with Crippen molar-refractivity contribution in [2.75, 3.05) is 23.9 Å². The summed E-state index contributed by atoms with van der Waals surface area (Å²) in [6.07, 6.45) is 0.560. The number of nitrogens with one attached hydrogen (secondary N) is 1. The highest BCUT2D eigenvalue weighted by Gasteiger charge is 2.31. The van der Waals surface area contributed by atoms with Gasteiger partial charge in [0.05, 0.1) is 11.5 Å². The van der Waals surface area contributed by atoms with Crippen LogP contribution in [0.1, 0.15) is 6.42 Å². The van der Waals surface area contributed by atoms with Gasteiger partial charge in [-0.05, 0) is 42.9 Å². The number of hydrogen-bond acceptors (Lipinski definition) is 4. The van der Waals surface area contributed by atoms with Crippen molar-refractivity contribution in [1.29, 1.82) is 0 Å². The SMILES string of the molecule is CN(C(=S)Nc1ccc(SC(F)F)cc1)[C@@H]1CCS(=O)(=O)C1. The van der Waals surface area contributed by atoms with E-state index in [1.807, 2.05) is 0 Å². The Labute approximate surface area is 138 Å². The van der Waals surface area contributed by atoms with Crippen molar-refractivity contribution in [3.8, 4) is 0 Å². The highest BCUT2D eigenvalue weighted by molar-refractivity contribution is 7.99. The Morgan fingerprint density at radius 1 is 1.41 bits per heavy atom. The summed E-state index contributed by atoms with van der Waals surface area (Å²) in [7, 11) is -1.22. The van der Waals surface area contributed by atoms with Crippen LogP contribution in [0, 0.1) is 0 Å². The Morgan fingerprint density at radius 2 is 2.05 bits per heavy atom. The van der Waals surface area contributed by atoms with Gasteiger partial charge in [-0.15, -0.1) is 0 Å². The van der Waals surface area contributed by atoms with Crippen molar-refractivity contribution in [2.24, 2.45) is 0 Å². The number of hydrogen-bond donors (Lipinski definition) is 1. The highest BCUT2D eigenvalue weighted by atomic mass is 32.2. The maximum absolute atomic E-state index is 12.2. The van der Waals surface area contributed by atoms with E-state index in [1.165, 1.54) is 0 Å². The third-order valence-corrected chi connectivity index (χ3v) is 6.27. The molecule has 1 fully saturated rings. The number of thiocarbonyl (C=S) groups is 1. The first-order valence-corrected chi connectivity index (χ1v) is 9.67. The van der Waals surface area contributed by atoms with Crippen LogP contribution in [0.25, 0.3) is 0 Å². The molecule has 0 bridgehead atoms. The summed E-state index contributed by atoms with van der Waals surface area (Å²) in [4.78, 5) is 2.21. The van der Waals surface area contributed by atoms with Gasteiger partial charge >= 0.3 is 0 Å². The number of benzene rings is 1. The van der Waals surface area contributed by atoms with E-state index < -0.39 is 15.6 Å². The second-order valence-corrected chi connectivity index (χ2v) is 8.68. The summed E-state index contributed by atoms with van der Waals surface area (Å²) < 4.78 is 47.5. The van der Waals surface area contributed by atoms with Gasteiger partial charge in [0.15, 0.2) is 14.9 Å². The summed E-state index contributed by atoms with van der Waals surface area (Å²) in [5.41, 5.74) is 0.677. The molecule has 1 heterocycles. The lowest BCUT2D eigenvalue weighted by Gasteiger charge is -2.26. The first-order chi connectivity index (χ1) is 10.3. The molecular formula is C13H16F2N2O2S3. The molecule has 0 unspecified atom stereocenters. The normalized spacial score (nSPS) is 20.1. The van der Waals surface area contributed by atoms with Gasteiger partial charge in [0.2, 0.25) is 0 Å². The standard InChI is InChI=1S/C13H16F2N2O2S3/c1-17(10-6-7-22(18,19)8-10)13(20)16-9-2-4-11(5-3-9)21-12(14)15/h2-5,10,12H,6-8H2,1H3,(H,16,20)/t10-/m1/s1. The van der Waals surface area contributed by atoms with E-state index in [0.29, 0.717) is 33.9 Å². The molecule has 4 nitrogen and oxygen atoms in total. The predicted molar refractivity (Wildman–Crippen MR) is 89.3 cm³/mol. The van der Waals surface area contributed by atoms with Crippen molar-refractivity contribution < 1.29 is 17.2 Å². The molecule has 0 saturated carbocycles. The molecule has 1 aliphatic heterocycles. The molecule has 122 valence electrons. The van der Waals surface area contributed by atoms with E-state index in [4.69, 9.17) is 12.2 Å². The van der Waals surface area contributed by atoms with E-state index in [1.54, 1.807) is 36.2 Å². The van der Waals surface area contributed by atoms with E-state index in [-0.39, 0.29) is 17.5 Å². The van der Waals surface area contributed by atoms with Crippen LogP contribution in [-0.4, -0.2) is 48.8 Å². The fraction of sp³-hybridized carbons (Fsp3) is 0.462. The van der Waals surface area contributed by atoms with E-state index in [0.717, 1.165) is 0 Å². The molecule has 1 aromatic carbocycles. The van der Waals surface area contributed by atoms with Gasteiger partial charge in [-0.3, -0.25) is 0 Å². The number of halogens is 2. The molecule has 0 aromatic heterocycles. The zero-order chi connectivity index (χ0) is 16.3. The number of thioether (sulfide) groups is 1. The number of sulfone groups is 1. The Morgan fingerprint density at radius 3 is 2.55 bits per heavy atom. The van der Waals surface area contributed by atoms with Crippen molar-refractivity contribution in [1.82, 2.24) is 4.90 Å². The summed E-state index contributed by atoms with van der Waals surface area (Å²) in [5.74, 6) is -2.16. The molecule has 0 spiro atoms. The smallest absolute Gasteiger partial charge is 0.288 e. The van der Waals surface area contributed by atoms with Crippen LogP contribution >= 0.6 is 24.0 Å². The molecule has 1 aliphatic rings. The lowest BCUT2D eigenvalue weighted by molar-refractivity contribution is 0.252. The zero-order valence-electron chi connectivity index (χ0n) is 11.8. The first kappa shape index (κ1) is 17.4. The van der Waals surface area contributed by atoms with E-state index in [9.17, 15) is 17.2 Å². The molecule has 9 heteroatoms. The van der Waals surface area contributed by atoms with Crippen LogP contribution in [-0.2, 0) is 9.84 Å². The van der Waals surface area contributed by atoms with Gasteiger partial charge in [0.25, 0.3) is 5.76 Å². The van der Waals surface area contributed by atoms with E-state index in [2.05, 4.69) is 5.32 Å². The van der Waals surface area contributed by atoms with Gasteiger partial charge in [0.1, 0.15) is 0 Å². The number of rotatable bonds is 4. The Hall–Kier alpha value is -0.930. The monoisotopic (exact) mass is 366 g/mol. The molecular weight excluding hydrogens is 350 g/mol. The van der Waals surface area contributed by atoms with Gasteiger partial charge < -0.3 is 10.2 Å². The lowest BCUT2D eigenvalue weighted by Crippen LogP contribution is -2.40. The third kappa shape index (κ3) is 4.79.